The second-order valence-corrected chi connectivity index (χ2v) is 8.99. The lowest BCUT2D eigenvalue weighted by molar-refractivity contribution is 0.0730. The zero-order valence-corrected chi connectivity index (χ0v) is 15.6. The number of rotatable bonds is 3. The number of nitrogens with zero attached hydrogens (tertiary/aromatic N) is 2. The van der Waals surface area contributed by atoms with Gasteiger partial charge in [-0.05, 0) is 24.3 Å². The van der Waals surface area contributed by atoms with Gasteiger partial charge in [-0.1, -0.05) is 29.8 Å². The van der Waals surface area contributed by atoms with Crippen LogP contribution in [0.4, 0.5) is 0 Å². The summed E-state index contributed by atoms with van der Waals surface area (Å²) in [6, 6.07) is 12.9. The Labute approximate surface area is 154 Å². The zero-order valence-electron chi connectivity index (χ0n) is 13.2. The molecule has 2 aromatic carbocycles. The van der Waals surface area contributed by atoms with E-state index in [-0.39, 0.29) is 9.92 Å². The average Bonchev–Trinajstić information content (AvgIpc) is 3.06. The maximum atomic E-state index is 12.8. The number of hydrogen-bond acceptors (Lipinski definition) is 5. The molecular formula is C17H15ClN2O3S2. The van der Waals surface area contributed by atoms with Crippen LogP contribution in [0, 0.1) is 0 Å². The lowest BCUT2D eigenvalue weighted by Crippen LogP contribution is -2.40. The van der Waals surface area contributed by atoms with Gasteiger partial charge in [-0.25, -0.2) is 13.4 Å². The third kappa shape index (κ3) is 3.18. The van der Waals surface area contributed by atoms with Crippen molar-refractivity contribution in [1.82, 2.24) is 9.29 Å². The summed E-state index contributed by atoms with van der Waals surface area (Å²) in [5.41, 5.74) is 1.73. The molecule has 0 unspecified atom stereocenters. The Bertz CT molecular complexity index is 994. The highest BCUT2D eigenvalue weighted by molar-refractivity contribution is 7.89. The van der Waals surface area contributed by atoms with Crippen LogP contribution in [0.5, 0.6) is 0 Å². The quantitative estimate of drug-likeness (QED) is 0.680. The normalized spacial score (nSPS) is 16.4. The van der Waals surface area contributed by atoms with E-state index in [1.165, 1.54) is 4.31 Å². The molecule has 0 radical (unpaired) electrons. The highest BCUT2D eigenvalue weighted by atomic mass is 35.5. The van der Waals surface area contributed by atoms with Gasteiger partial charge in [-0.15, -0.1) is 11.3 Å². The second-order valence-electron chi connectivity index (χ2n) is 5.65. The molecule has 0 bridgehead atoms. The molecule has 1 aromatic heterocycles. The number of halogens is 1. The molecule has 1 aliphatic heterocycles. The van der Waals surface area contributed by atoms with E-state index < -0.39 is 10.0 Å². The number of ether oxygens (including phenoxy) is 1. The van der Waals surface area contributed by atoms with Gasteiger partial charge in [-0.3, -0.25) is 0 Å². The maximum absolute atomic E-state index is 12.8. The van der Waals surface area contributed by atoms with E-state index in [9.17, 15) is 8.42 Å². The first-order valence-corrected chi connectivity index (χ1v) is 10.4. The molecule has 130 valence electrons. The minimum absolute atomic E-state index is 0.126. The lowest BCUT2D eigenvalue weighted by atomic mass is 10.2. The van der Waals surface area contributed by atoms with Gasteiger partial charge in [0.2, 0.25) is 10.0 Å². The van der Waals surface area contributed by atoms with E-state index in [4.69, 9.17) is 16.3 Å². The number of para-hydroxylation sites is 1. The smallest absolute Gasteiger partial charge is 0.244 e. The van der Waals surface area contributed by atoms with Gasteiger partial charge in [0.25, 0.3) is 0 Å². The summed E-state index contributed by atoms with van der Waals surface area (Å²) in [6.45, 7) is 1.50. The van der Waals surface area contributed by atoms with Gasteiger partial charge in [0, 0.05) is 18.7 Å². The van der Waals surface area contributed by atoms with Crippen LogP contribution in [-0.4, -0.2) is 44.0 Å². The molecule has 4 rings (SSSR count). The van der Waals surface area contributed by atoms with Crippen molar-refractivity contribution in [2.24, 2.45) is 0 Å². The van der Waals surface area contributed by atoms with Crippen LogP contribution in [0.1, 0.15) is 0 Å². The number of morpholine rings is 1. The Hall–Kier alpha value is -1.51. The summed E-state index contributed by atoms with van der Waals surface area (Å²) < 4.78 is 33.3. The molecule has 0 atom stereocenters. The van der Waals surface area contributed by atoms with Crippen molar-refractivity contribution in [3.63, 3.8) is 0 Å². The van der Waals surface area contributed by atoms with Crippen LogP contribution in [0.3, 0.4) is 0 Å². The molecule has 0 saturated carbocycles. The largest absolute Gasteiger partial charge is 0.379 e. The topological polar surface area (TPSA) is 59.5 Å². The lowest BCUT2D eigenvalue weighted by Gasteiger charge is -2.26. The molecule has 8 heteroatoms. The van der Waals surface area contributed by atoms with Crippen LogP contribution in [0.15, 0.2) is 47.4 Å². The molecule has 2 heterocycles. The van der Waals surface area contributed by atoms with Crippen molar-refractivity contribution in [1.29, 1.82) is 0 Å². The fourth-order valence-corrected chi connectivity index (χ4v) is 5.65. The van der Waals surface area contributed by atoms with E-state index >= 15 is 0 Å². The maximum Gasteiger partial charge on any atom is 0.244 e. The Morgan fingerprint density at radius 2 is 1.88 bits per heavy atom. The summed E-state index contributed by atoms with van der Waals surface area (Å²) in [4.78, 5) is 4.72. The standard InChI is InChI=1S/C17H15ClN2O3S2/c18-13-11-12(17-19-14-3-1-2-4-15(14)24-17)5-6-16(13)25(21,22)20-7-9-23-10-8-20/h1-6,11H,7-10H2. The predicted molar refractivity (Wildman–Crippen MR) is 99.6 cm³/mol. The molecule has 25 heavy (non-hydrogen) atoms. The zero-order chi connectivity index (χ0) is 17.4. The Morgan fingerprint density at radius 3 is 2.60 bits per heavy atom. The molecule has 0 N–H and O–H groups in total. The summed E-state index contributed by atoms with van der Waals surface area (Å²) in [5.74, 6) is 0. The predicted octanol–water partition coefficient (Wildman–Crippen LogP) is 3.64. The highest BCUT2D eigenvalue weighted by Gasteiger charge is 2.28. The van der Waals surface area contributed by atoms with Crippen LogP contribution < -0.4 is 0 Å². The minimum Gasteiger partial charge on any atom is -0.379 e. The molecule has 1 saturated heterocycles. The van der Waals surface area contributed by atoms with Crippen molar-refractivity contribution in [3.05, 3.63) is 47.5 Å². The number of aromatic nitrogens is 1. The number of benzene rings is 2. The van der Waals surface area contributed by atoms with Crippen LogP contribution >= 0.6 is 22.9 Å². The summed E-state index contributed by atoms with van der Waals surface area (Å²) in [7, 11) is -3.61. The molecule has 1 fully saturated rings. The van der Waals surface area contributed by atoms with E-state index in [1.807, 2.05) is 24.3 Å². The van der Waals surface area contributed by atoms with Crippen molar-refractivity contribution >= 4 is 43.2 Å². The highest BCUT2D eigenvalue weighted by Crippen LogP contribution is 2.34. The molecule has 0 amide bonds. The number of hydrogen-bond donors (Lipinski definition) is 0. The first-order valence-electron chi connectivity index (χ1n) is 7.79. The fraction of sp³-hybridized carbons (Fsp3) is 0.235. The van der Waals surface area contributed by atoms with Gasteiger partial charge in [-0.2, -0.15) is 4.31 Å². The van der Waals surface area contributed by atoms with Gasteiger partial charge in [0.1, 0.15) is 9.90 Å². The van der Waals surface area contributed by atoms with Gasteiger partial charge in [0.15, 0.2) is 0 Å². The summed E-state index contributed by atoms with van der Waals surface area (Å²) in [6.07, 6.45) is 0. The molecular weight excluding hydrogens is 380 g/mol. The monoisotopic (exact) mass is 394 g/mol. The van der Waals surface area contributed by atoms with Crippen LogP contribution in [-0.2, 0) is 14.8 Å². The molecule has 0 spiro atoms. The SMILES string of the molecule is O=S(=O)(c1ccc(-c2nc3ccccc3s2)cc1Cl)N1CCOCC1. The first kappa shape index (κ1) is 16.9. The fourth-order valence-electron chi connectivity index (χ4n) is 2.76. The Kier molecular flexibility index (Phi) is 4.51. The average molecular weight is 395 g/mol. The van der Waals surface area contributed by atoms with Crippen molar-refractivity contribution in [2.75, 3.05) is 26.3 Å². The van der Waals surface area contributed by atoms with Crippen molar-refractivity contribution < 1.29 is 13.2 Å². The third-order valence-corrected chi connectivity index (χ3v) is 7.53. The Balaban J connectivity index is 1.71. The second kappa shape index (κ2) is 6.66. The molecule has 5 nitrogen and oxygen atoms in total. The third-order valence-electron chi connectivity index (χ3n) is 4.06. The van der Waals surface area contributed by atoms with Crippen LogP contribution in [0.2, 0.25) is 5.02 Å². The van der Waals surface area contributed by atoms with Crippen molar-refractivity contribution in [2.45, 2.75) is 4.90 Å². The van der Waals surface area contributed by atoms with Crippen molar-refractivity contribution in [3.8, 4) is 10.6 Å². The summed E-state index contributed by atoms with van der Waals surface area (Å²) in [5, 5.41) is 1.03. The number of sulfonamides is 1. The molecule has 1 aliphatic rings. The van der Waals surface area contributed by atoms with E-state index in [0.717, 1.165) is 20.8 Å². The van der Waals surface area contributed by atoms with E-state index in [0.29, 0.717) is 26.3 Å². The number of fused-ring (bicyclic) bond motifs is 1. The molecule has 3 aromatic rings. The first-order chi connectivity index (χ1) is 12.1. The van der Waals surface area contributed by atoms with Crippen LogP contribution in [0.25, 0.3) is 20.8 Å². The molecule has 0 aliphatic carbocycles. The minimum atomic E-state index is -3.61. The van der Waals surface area contributed by atoms with Gasteiger partial charge < -0.3 is 4.74 Å². The van der Waals surface area contributed by atoms with Gasteiger partial charge in [0.05, 0.1) is 28.5 Å². The summed E-state index contributed by atoms with van der Waals surface area (Å²) >= 11 is 7.88. The Morgan fingerprint density at radius 1 is 1.12 bits per heavy atom. The number of thiazole rings is 1. The van der Waals surface area contributed by atoms with E-state index in [1.54, 1.807) is 29.5 Å². The van der Waals surface area contributed by atoms with E-state index in [2.05, 4.69) is 4.98 Å². The van der Waals surface area contributed by atoms with Gasteiger partial charge >= 0.3 is 0 Å².